The molecule has 0 aromatic carbocycles. The molecule has 0 fully saturated rings. The fraction of sp³-hybridized carbons (Fsp3) is 0. The fourth-order valence-electron chi connectivity index (χ4n) is 1.08. The van der Waals surface area contributed by atoms with E-state index in [2.05, 4.69) is 0 Å². The van der Waals surface area contributed by atoms with E-state index in [-0.39, 0.29) is 9.71 Å². The van der Waals surface area contributed by atoms with Crippen molar-refractivity contribution in [1.82, 2.24) is 4.40 Å². The van der Waals surface area contributed by atoms with E-state index in [9.17, 15) is 14.0 Å². The number of fused-ring (bicyclic) bond motifs is 1. The van der Waals surface area contributed by atoms with Gasteiger partial charge in [0.05, 0.1) is 0 Å². The maximum absolute atomic E-state index is 13.1. The Kier molecular flexibility index (Phi) is 1.85. The first kappa shape index (κ1) is 8.89. The van der Waals surface area contributed by atoms with Gasteiger partial charge in [-0.2, -0.15) is 0 Å². The number of nitrogens with zero attached hydrogens (tertiary/aromatic N) is 1. The monoisotopic (exact) mass is 213 g/mol. The summed E-state index contributed by atoms with van der Waals surface area (Å²) in [5.74, 6) is -1.76. The summed E-state index contributed by atoms with van der Waals surface area (Å²) in [5.41, 5.74) is -0.440. The summed E-state index contributed by atoms with van der Waals surface area (Å²) < 4.78 is 14.1. The van der Waals surface area contributed by atoms with Gasteiger partial charge in [-0.15, -0.1) is 11.3 Å². The van der Waals surface area contributed by atoms with E-state index >= 15 is 0 Å². The van der Waals surface area contributed by atoms with Gasteiger partial charge >= 0.3 is 5.97 Å². The minimum atomic E-state index is -1.17. The molecular weight excluding hydrogens is 209 g/mol. The molecule has 0 aliphatic heterocycles. The first-order valence-electron chi connectivity index (χ1n) is 3.63. The predicted octanol–water partition coefficient (Wildman–Crippen LogP) is 1.20. The third-order valence-electron chi connectivity index (χ3n) is 1.70. The third kappa shape index (κ3) is 1.20. The van der Waals surface area contributed by atoms with Crippen LogP contribution in [0.15, 0.2) is 23.1 Å². The molecule has 4 nitrogen and oxygen atoms in total. The van der Waals surface area contributed by atoms with Gasteiger partial charge in [0.15, 0.2) is 5.82 Å². The topological polar surface area (TPSA) is 58.8 Å². The van der Waals surface area contributed by atoms with Crippen molar-refractivity contribution in [2.24, 2.45) is 0 Å². The minimum Gasteiger partial charge on any atom is -0.477 e. The van der Waals surface area contributed by atoms with Crippen LogP contribution in [0.3, 0.4) is 0 Å². The second-order valence-electron chi connectivity index (χ2n) is 2.60. The Bertz CT molecular complexity index is 571. The normalized spacial score (nSPS) is 10.6. The van der Waals surface area contributed by atoms with Gasteiger partial charge in [-0.25, -0.2) is 9.18 Å². The van der Waals surface area contributed by atoms with Crippen molar-refractivity contribution in [3.05, 3.63) is 39.4 Å². The average molecular weight is 213 g/mol. The van der Waals surface area contributed by atoms with E-state index in [1.165, 1.54) is 0 Å². The molecule has 0 aliphatic carbocycles. The summed E-state index contributed by atoms with van der Waals surface area (Å²) in [4.78, 5) is 21.7. The van der Waals surface area contributed by atoms with E-state index in [1.54, 1.807) is 0 Å². The Hall–Kier alpha value is -1.69. The number of rotatable bonds is 1. The molecule has 0 atom stereocenters. The zero-order valence-corrected chi connectivity index (χ0v) is 7.55. The quantitative estimate of drug-likeness (QED) is 0.774. The standard InChI is InChI=1S/C8H4FNO3S/c9-4-1-2-6(11)10-3-5(8(12)13)14-7(4)10/h1-3H,(H,12,13). The Morgan fingerprint density at radius 1 is 1.50 bits per heavy atom. The van der Waals surface area contributed by atoms with Crippen LogP contribution < -0.4 is 5.56 Å². The van der Waals surface area contributed by atoms with Gasteiger partial charge in [0.2, 0.25) is 0 Å². The van der Waals surface area contributed by atoms with E-state index < -0.39 is 17.3 Å². The number of aromatic nitrogens is 1. The van der Waals surface area contributed by atoms with Crippen LogP contribution >= 0.6 is 11.3 Å². The molecule has 14 heavy (non-hydrogen) atoms. The molecule has 2 aromatic heterocycles. The number of hydrogen-bond donors (Lipinski definition) is 1. The molecule has 2 heterocycles. The molecule has 0 saturated heterocycles. The summed E-state index contributed by atoms with van der Waals surface area (Å²) in [6.07, 6.45) is 1.12. The zero-order valence-electron chi connectivity index (χ0n) is 6.73. The average Bonchev–Trinajstić information content (AvgIpc) is 2.57. The van der Waals surface area contributed by atoms with Gasteiger partial charge in [-0.1, -0.05) is 0 Å². The van der Waals surface area contributed by atoms with Crippen molar-refractivity contribution in [2.45, 2.75) is 0 Å². The highest BCUT2D eigenvalue weighted by Crippen LogP contribution is 2.18. The van der Waals surface area contributed by atoms with Gasteiger partial charge in [0.25, 0.3) is 5.56 Å². The van der Waals surface area contributed by atoms with Gasteiger partial charge < -0.3 is 5.11 Å². The molecule has 2 rings (SSSR count). The lowest BCUT2D eigenvalue weighted by molar-refractivity contribution is 0.0702. The van der Waals surface area contributed by atoms with Crippen molar-refractivity contribution in [1.29, 1.82) is 0 Å². The minimum absolute atomic E-state index is 0.0231. The highest BCUT2D eigenvalue weighted by atomic mass is 32.1. The van der Waals surface area contributed by atoms with Crippen molar-refractivity contribution < 1.29 is 14.3 Å². The van der Waals surface area contributed by atoms with E-state index in [0.717, 1.165) is 34.1 Å². The van der Waals surface area contributed by atoms with Crippen LogP contribution in [0.1, 0.15) is 9.67 Å². The number of carbonyl (C=O) groups is 1. The summed E-state index contributed by atoms with van der Waals surface area (Å²) >= 11 is 0.735. The van der Waals surface area contributed by atoms with Crippen LogP contribution in [-0.4, -0.2) is 15.5 Å². The number of halogens is 1. The summed E-state index contributed by atoms with van der Waals surface area (Å²) in [6.45, 7) is 0. The van der Waals surface area contributed by atoms with Crippen LogP contribution in [0.25, 0.3) is 4.83 Å². The van der Waals surface area contributed by atoms with E-state index in [1.807, 2.05) is 0 Å². The smallest absolute Gasteiger partial charge is 0.347 e. The molecule has 2 aromatic rings. The molecular formula is C8H4FNO3S. The molecule has 72 valence electrons. The summed E-state index contributed by atoms with van der Waals surface area (Å²) in [5, 5.41) is 8.64. The number of aromatic carboxylic acids is 1. The number of pyridine rings is 1. The third-order valence-corrected chi connectivity index (χ3v) is 2.78. The number of carboxylic acid groups (broad SMARTS) is 1. The van der Waals surface area contributed by atoms with Crippen LogP contribution in [0.5, 0.6) is 0 Å². The number of hydrogen-bond acceptors (Lipinski definition) is 3. The van der Waals surface area contributed by atoms with Gasteiger partial charge in [0, 0.05) is 12.3 Å². The molecule has 0 aliphatic rings. The second-order valence-corrected chi connectivity index (χ2v) is 3.63. The van der Waals surface area contributed by atoms with Crippen molar-refractivity contribution >= 4 is 22.1 Å². The highest BCUT2D eigenvalue weighted by Gasteiger charge is 2.12. The lowest BCUT2D eigenvalue weighted by Crippen LogP contribution is -2.09. The van der Waals surface area contributed by atoms with Crippen LogP contribution in [0.2, 0.25) is 0 Å². The van der Waals surface area contributed by atoms with Crippen LogP contribution in [0.4, 0.5) is 4.39 Å². The largest absolute Gasteiger partial charge is 0.477 e. The van der Waals surface area contributed by atoms with E-state index in [4.69, 9.17) is 5.11 Å². The Balaban J connectivity index is 2.89. The zero-order chi connectivity index (χ0) is 10.3. The first-order valence-corrected chi connectivity index (χ1v) is 4.45. The summed E-state index contributed by atoms with van der Waals surface area (Å²) in [6, 6.07) is 2.08. The van der Waals surface area contributed by atoms with Crippen molar-refractivity contribution in [3.8, 4) is 0 Å². The Morgan fingerprint density at radius 3 is 2.79 bits per heavy atom. The van der Waals surface area contributed by atoms with Gasteiger partial charge in [-0.05, 0) is 6.07 Å². The van der Waals surface area contributed by atoms with E-state index in [0.29, 0.717) is 0 Å². The Labute approximate surface area is 80.8 Å². The molecule has 0 spiro atoms. The molecule has 0 bridgehead atoms. The summed E-state index contributed by atoms with van der Waals surface area (Å²) in [7, 11) is 0. The lowest BCUT2D eigenvalue weighted by atomic mass is 10.4. The van der Waals surface area contributed by atoms with Crippen molar-refractivity contribution in [2.75, 3.05) is 0 Å². The number of carboxylic acids is 1. The molecule has 0 amide bonds. The highest BCUT2D eigenvalue weighted by molar-refractivity contribution is 7.19. The molecule has 0 unspecified atom stereocenters. The SMILES string of the molecule is O=C(O)c1cn2c(=O)ccc(F)c2s1. The second kappa shape index (κ2) is 2.91. The molecule has 0 saturated carbocycles. The molecule has 1 N–H and O–H groups in total. The predicted molar refractivity (Wildman–Crippen MR) is 48.5 cm³/mol. The number of thiazole rings is 1. The van der Waals surface area contributed by atoms with Crippen LogP contribution in [-0.2, 0) is 0 Å². The molecule has 6 heteroatoms. The maximum Gasteiger partial charge on any atom is 0.347 e. The van der Waals surface area contributed by atoms with Gasteiger partial charge in [-0.3, -0.25) is 9.20 Å². The fourth-order valence-corrected chi connectivity index (χ4v) is 1.94. The lowest BCUT2D eigenvalue weighted by Gasteiger charge is -1.90. The maximum atomic E-state index is 13.1. The van der Waals surface area contributed by atoms with Gasteiger partial charge in [0.1, 0.15) is 9.71 Å². The van der Waals surface area contributed by atoms with Crippen molar-refractivity contribution in [3.63, 3.8) is 0 Å². The first-order chi connectivity index (χ1) is 6.59. The molecule has 0 radical (unpaired) electrons. The Morgan fingerprint density at radius 2 is 2.21 bits per heavy atom. The van der Waals surface area contributed by atoms with Crippen LogP contribution in [0, 0.1) is 5.82 Å².